The molecule has 2 atom stereocenters. The first-order valence-corrected chi connectivity index (χ1v) is 7.79. The highest BCUT2D eigenvalue weighted by Crippen LogP contribution is 2.23. The van der Waals surface area contributed by atoms with Crippen molar-refractivity contribution in [2.45, 2.75) is 18.3 Å². The minimum absolute atomic E-state index is 0.326. The van der Waals surface area contributed by atoms with Crippen molar-refractivity contribution in [2.75, 3.05) is 6.26 Å². The average molecular weight is 298 g/mol. The van der Waals surface area contributed by atoms with Crippen molar-refractivity contribution in [3.05, 3.63) is 44.5 Å². The fraction of sp³-hybridized carbons (Fsp3) is 0.333. The zero-order valence-electron chi connectivity index (χ0n) is 10.9. The van der Waals surface area contributed by atoms with Gasteiger partial charge in [0, 0.05) is 6.26 Å². The lowest BCUT2D eigenvalue weighted by Gasteiger charge is -2.17. The summed E-state index contributed by atoms with van der Waals surface area (Å²) in [6, 6.07) is 4.45. The largest absolute Gasteiger partial charge is 0.387 e. The Hall–Kier alpha value is -1.93. The molecule has 108 valence electrons. The van der Waals surface area contributed by atoms with Crippen LogP contribution in [0.5, 0.6) is 0 Å². The summed E-state index contributed by atoms with van der Waals surface area (Å²) in [4.78, 5) is 27.2. The van der Waals surface area contributed by atoms with Crippen molar-refractivity contribution in [1.82, 2.24) is 9.97 Å². The molecule has 0 aliphatic heterocycles. The molecule has 2 aromatic rings. The SMILES string of the molecule is CC(C(O)c1ccc2[nH]c(=O)c(=O)[nH]c2c1)S(C)(=O)=O. The molecule has 0 saturated carbocycles. The van der Waals surface area contributed by atoms with Gasteiger partial charge >= 0.3 is 11.1 Å². The van der Waals surface area contributed by atoms with Gasteiger partial charge in [-0.2, -0.15) is 0 Å². The van der Waals surface area contributed by atoms with E-state index in [0.717, 1.165) is 6.26 Å². The summed E-state index contributed by atoms with van der Waals surface area (Å²) in [5, 5.41) is 9.09. The van der Waals surface area contributed by atoms with Crippen LogP contribution in [0, 0.1) is 0 Å². The summed E-state index contributed by atoms with van der Waals surface area (Å²) in [6.07, 6.45) is -0.175. The van der Waals surface area contributed by atoms with Crippen LogP contribution in [0.3, 0.4) is 0 Å². The van der Waals surface area contributed by atoms with E-state index < -0.39 is 32.3 Å². The topological polar surface area (TPSA) is 120 Å². The summed E-state index contributed by atoms with van der Waals surface area (Å²) in [7, 11) is -3.40. The van der Waals surface area contributed by atoms with E-state index in [-0.39, 0.29) is 0 Å². The number of sulfone groups is 1. The molecule has 1 aromatic heterocycles. The third-order valence-corrected chi connectivity index (χ3v) is 4.82. The van der Waals surface area contributed by atoms with Crippen LogP contribution in [-0.4, -0.2) is 35.0 Å². The lowest BCUT2D eigenvalue weighted by atomic mass is 10.1. The number of benzene rings is 1. The average Bonchev–Trinajstić information content (AvgIpc) is 2.37. The molecule has 0 amide bonds. The fourth-order valence-electron chi connectivity index (χ4n) is 1.82. The molecule has 0 fully saturated rings. The number of rotatable bonds is 3. The van der Waals surface area contributed by atoms with Crippen molar-refractivity contribution < 1.29 is 13.5 Å². The van der Waals surface area contributed by atoms with E-state index in [1.165, 1.54) is 25.1 Å². The van der Waals surface area contributed by atoms with Crippen LogP contribution in [0.1, 0.15) is 18.6 Å². The molecular formula is C12H14N2O5S. The maximum atomic E-state index is 11.4. The second-order valence-corrected chi connectivity index (χ2v) is 7.10. The zero-order valence-corrected chi connectivity index (χ0v) is 11.7. The van der Waals surface area contributed by atoms with Gasteiger partial charge < -0.3 is 15.1 Å². The maximum absolute atomic E-state index is 11.4. The van der Waals surface area contributed by atoms with Gasteiger partial charge in [0.15, 0.2) is 9.84 Å². The van der Waals surface area contributed by atoms with E-state index >= 15 is 0 Å². The molecule has 2 unspecified atom stereocenters. The standard InChI is InChI=1S/C12H14N2O5S/c1-6(20(2,18)19)10(15)7-3-4-8-9(5-7)14-12(17)11(16)13-8/h3-6,10,15H,1-2H3,(H,13,16)(H,14,17). The highest BCUT2D eigenvalue weighted by molar-refractivity contribution is 7.91. The molecule has 8 heteroatoms. The summed E-state index contributed by atoms with van der Waals surface area (Å²) in [5.74, 6) is 0. The molecule has 0 saturated heterocycles. The molecule has 0 aliphatic carbocycles. The van der Waals surface area contributed by atoms with E-state index in [2.05, 4.69) is 9.97 Å². The quantitative estimate of drug-likeness (QED) is 0.671. The third kappa shape index (κ3) is 2.66. The molecule has 0 spiro atoms. The molecule has 7 nitrogen and oxygen atoms in total. The van der Waals surface area contributed by atoms with Crippen LogP contribution in [0.15, 0.2) is 27.8 Å². The Morgan fingerprint density at radius 3 is 2.20 bits per heavy atom. The minimum atomic E-state index is -3.40. The molecule has 20 heavy (non-hydrogen) atoms. The molecule has 3 N–H and O–H groups in total. The van der Waals surface area contributed by atoms with Gasteiger partial charge in [0.1, 0.15) is 0 Å². The highest BCUT2D eigenvalue weighted by atomic mass is 32.2. The van der Waals surface area contributed by atoms with Gasteiger partial charge in [-0.25, -0.2) is 8.42 Å². The molecule has 0 aliphatic rings. The number of hydrogen-bond acceptors (Lipinski definition) is 5. The number of fused-ring (bicyclic) bond motifs is 1. The Balaban J connectivity index is 2.54. The van der Waals surface area contributed by atoms with Crippen molar-refractivity contribution in [1.29, 1.82) is 0 Å². The minimum Gasteiger partial charge on any atom is -0.387 e. The van der Waals surface area contributed by atoms with Crippen molar-refractivity contribution in [3.63, 3.8) is 0 Å². The van der Waals surface area contributed by atoms with Gasteiger partial charge in [0.2, 0.25) is 0 Å². The first kappa shape index (κ1) is 14.5. The highest BCUT2D eigenvalue weighted by Gasteiger charge is 2.25. The Morgan fingerprint density at radius 2 is 1.65 bits per heavy atom. The van der Waals surface area contributed by atoms with Crippen LogP contribution in [-0.2, 0) is 9.84 Å². The molecule has 1 heterocycles. The normalized spacial score (nSPS) is 15.2. The van der Waals surface area contributed by atoms with Gasteiger partial charge in [-0.05, 0) is 24.6 Å². The number of aromatic amines is 2. The lowest BCUT2D eigenvalue weighted by Crippen LogP contribution is -2.29. The van der Waals surface area contributed by atoms with E-state index in [9.17, 15) is 23.1 Å². The zero-order chi connectivity index (χ0) is 15.1. The summed E-state index contributed by atoms with van der Waals surface area (Å²) >= 11 is 0. The number of aromatic nitrogens is 2. The second-order valence-electron chi connectivity index (χ2n) is 4.69. The lowest BCUT2D eigenvalue weighted by molar-refractivity contribution is 0.176. The predicted octanol–water partition coefficient (Wildman–Crippen LogP) is -0.317. The maximum Gasteiger partial charge on any atom is 0.314 e. The second kappa shape index (κ2) is 4.88. The van der Waals surface area contributed by atoms with E-state index in [1.54, 1.807) is 0 Å². The number of hydrogen-bond donors (Lipinski definition) is 3. The molecule has 1 aromatic carbocycles. The Kier molecular flexibility index (Phi) is 3.53. The van der Waals surface area contributed by atoms with Crippen LogP contribution in [0.2, 0.25) is 0 Å². The number of nitrogens with one attached hydrogen (secondary N) is 2. The van der Waals surface area contributed by atoms with Gasteiger partial charge in [-0.15, -0.1) is 0 Å². The first-order valence-electron chi connectivity index (χ1n) is 5.83. The van der Waals surface area contributed by atoms with Crippen LogP contribution >= 0.6 is 0 Å². The fourth-order valence-corrected chi connectivity index (χ4v) is 2.45. The van der Waals surface area contributed by atoms with Crippen LogP contribution < -0.4 is 11.1 Å². The van der Waals surface area contributed by atoms with E-state index in [4.69, 9.17) is 0 Å². The first-order chi connectivity index (χ1) is 9.20. The van der Waals surface area contributed by atoms with E-state index in [1.807, 2.05) is 0 Å². The van der Waals surface area contributed by atoms with E-state index in [0.29, 0.717) is 16.6 Å². The van der Waals surface area contributed by atoms with Gasteiger partial charge in [0.25, 0.3) is 0 Å². The van der Waals surface area contributed by atoms with Crippen LogP contribution in [0.25, 0.3) is 11.0 Å². The smallest absolute Gasteiger partial charge is 0.314 e. The third-order valence-electron chi connectivity index (χ3n) is 3.21. The number of aliphatic hydroxyl groups excluding tert-OH is 1. The van der Waals surface area contributed by atoms with Crippen molar-refractivity contribution >= 4 is 20.9 Å². The Labute approximate surface area is 114 Å². The summed E-state index contributed by atoms with van der Waals surface area (Å²) in [6.45, 7) is 1.40. The van der Waals surface area contributed by atoms with Crippen LogP contribution in [0.4, 0.5) is 0 Å². The molecule has 0 bridgehead atoms. The molecule has 2 rings (SSSR count). The number of H-pyrrole nitrogens is 2. The summed E-state index contributed by atoms with van der Waals surface area (Å²) < 4.78 is 22.9. The monoisotopic (exact) mass is 298 g/mol. The summed E-state index contributed by atoms with van der Waals surface area (Å²) in [5.41, 5.74) is -0.502. The number of aliphatic hydroxyl groups is 1. The van der Waals surface area contributed by atoms with Gasteiger partial charge in [0.05, 0.1) is 22.4 Å². The van der Waals surface area contributed by atoms with Gasteiger partial charge in [-0.1, -0.05) is 6.07 Å². The van der Waals surface area contributed by atoms with Gasteiger partial charge in [-0.3, -0.25) is 9.59 Å². The molecule has 0 radical (unpaired) electrons. The van der Waals surface area contributed by atoms with Crippen molar-refractivity contribution in [2.24, 2.45) is 0 Å². The van der Waals surface area contributed by atoms with Crippen molar-refractivity contribution in [3.8, 4) is 0 Å². The Bertz CT molecular complexity index is 865. The molecular weight excluding hydrogens is 284 g/mol. The Morgan fingerprint density at radius 1 is 1.10 bits per heavy atom. The predicted molar refractivity (Wildman–Crippen MR) is 74.5 cm³/mol.